The Labute approximate surface area is 174 Å². The Balaban J connectivity index is -0.000000769. The second kappa shape index (κ2) is 29.7. The van der Waals surface area contributed by atoms with Crippen LogP contribution in [0.2, 0.25) is 0 Å². The van der Waals surface area contributed by atoms with Crippen molar-refractivity contribution in [1.29, 1.82) is 0 Å². The third-order valence-corrected chi connectivity index (χ3v) is 3.99. The molecule has 0 fully saturated rings. The van der Waals surface area contributed by atoms with Crippen LogP contribution in [0, 0.1) is 0 Å². The summed E-state index contributed by atoms with van der Waals surface area (Å²) in [7, 11) is 0. The Morgan fingerprint density at radius 1 is 0.692 bits per heavy atom. The monoisotopic (exact) mass is 408 g/mol. The molecule has 0 rings (SSSR count). The zero-order chi connectivity index (χ0) is 20.5. The Morgan fingerprint density at radius 3 is 1.15 bits per heavy atom. The summed E-state index contributed by atoms with van der Waals surface area (Å²) in [4.78, 5) is 10.3. The Morgan fingerprint density at radius 2 is 0.923 bits per heavy atom. The molecule has 0 saturated carbocycles. The maximum absolute atomic E-state index is 10.3. The predicted octanol–water partition coefficient (Wildman–Crippen LogP) is 6.60. The number of aliphatic hydroxyl groups excluding tert-OH is 1. The summed E-state index contributed by atoms with van der Waals surface area (Å²) in [6, 6.07) is 0. The van der Waals surface area contributed by atoms with Gasteiger partial charge in [-0.3, -0.25) is 4.79 Å². The minimum atomic E-state index is -0.653. The molecule has 0 bridgehead atoms. The molecule has 5 heteroatoms. The molecular formula is C21H44O4Ti. The summed E-state index contributed by atoms with van der Waals surface area (Å²) in [5, 5.41) is 16.6. The van der Waals surface area contributed by atoms with Crippen LogP contribution in [0.5, 0.6) is 0 Å². The van der Waals surface area contributed by atoms with Crippen molar-refractivity contribution in [2.24, 2.45) is 0 Å². The van der Waals surface area contributed by atoms with Crippen LogP contribution in [-0.2, 0) is 28.5 Å². The first-order valence-electron chi connectivity index (χ1n) is 10.6. The van der Waals surface area contributed by atoms with E-state index in [-0.39, 0.29) is 6.10 Å². The summed E-state index contributed by atoms with van der Waals surface area (Å²) in [5.41, 5.74) is 0. The predicted molar refractivity (Wildman–Crippen MR) is 105 cm³/mol. The van der Waals surface area contributed by atoms with Crippen molar-refractivity contribution in [2.45, 2.75) is 130 Å². The van der Waals surface area contributed by atoms with E-state index in [4.69, 9.17) is 13.5 Å². The van der Waals surface area contributed by atoms with Gasteiger partial charge in [0, 0.05) is 12.5 Å². The van der Waals surface area contributed by atoms with Crippen LogP contribution in [0.3, 0.4) is 0 Å². The van der Waals surface area contributed by atoms with Crippen LogP contribution in [0.25, 0.3) is 0 Å². The number of carboxylic acid groups (broad SMARTS) is 1. The van der Waals surface area contributed by atoms with Crippen LogP contribution in [0.15, 0.2) is 0 Å². The second-order valence-electron chi connectivity index (χ2n) is 7.19. The summed E-state index contributed by atoms with van der Waals surface area (Å²) < 4.78 is 8.25. The molecule has 0 aromatic rings. The molecule has 0 amide bonds. The Kier molecular flexibility index (Phi) is 35.0. The standard InChI is InChI=1S/C18H36O2.C3H8O.O.Ti/c1-2-3-4-5-6-7-8-9-10-11-12-13-14-15-16-17-18(19)20;1-3(2)4;;/h2-17H2,1H3,(H,19,20);3-4H,1-2H3;;. The van der Waals surface area contributed by atoms with Gasteiger partial charge in [0.05, 0.1) is 0 Å². The second-order valence-corrected chi connectivity index (χ2v) is 7.19. The van der Waals surface area contributed by atoms with Gasteiger partial charge in [0.1, 0.15) is 0 Å². The van der Waals surface area contributed by atoms with Gasteiger partial charge in [-0.1, -0.05) is 96.8 Å². The molecule has 0 aromatic heterocycles. The van der Waals surface area contributed by atoms with Gasteiger partial charge < -0.3 is 10.2 Å². The van der Waals surface area contributed by atoms with E-state index in [0.717, 1.165) is 33.2 Å². The molecule has 0 spiro atoms. The number of aliphatic hydroxyl groups is 1. The van der Waals surface area contributed by atoms with Crippen molar-refractivity contribution in [1.82, 2.24) is 0 Å². The summed E-state index contributed by atoms with van der Waals surface area (Å²) in [6.07, 6.45) is 20.0. The fourth-order valence-electron chi connectivity index (χ4n) is 2.65. The van der Waals surface area contributed by atoms with Crippen molar-refractivity contribution < 1.29 is 38.7 Å². The summed E-state index contributed by atoms with van der Waals surface area (Å²) >= 11 is 0.750. The third-order valence-electron chi connectivity index (χ3n) is 3.99. The van der Waals surface area contributed by atoms with Gasteiger partial charge in [0.2, 0.25) is 0 Å². The Hall–Kier alpha value is -0.0557. The van der Waals surface area contributed by atoms with E-state index < -0.39 is 5.97 Å². The molecule has 2 N–H and O–H groups in total. The molecule has 0 aliphatic carbocycles. The fourth-order valence-corrected chi connectivity index (χ4v) is 2.65. The van der Waals surface area contributed by atoms with Gasteiger partial charge in [0.25, 0.3) is 0 Å². The van der Waals surface area contributed by atoms with Gasteiger partial charge in [-0.25, -0.2) is 0 Å². The van der Waals surface area contributed by atoms with Crippen LogP contribution < -0.4 is 0 Å². The number of hydrogen-bond acceptors (Lipinski definition) is 3. The van der Waals surface area contributed by atoms with E-state index in [0.29, 0.717) is 6.42 Å². The third kappa shape index (κ3) is 43.9. The van der Waals surface area contributed by atoms with E-state index in [9.17, 15) is 4.79 Å². The van der Waals surface area contributed by atoms with E-state index >= 15 is 0 Å². The molecule has 156 valence electrons. The first-order chi connectivity index (χ1) is 12.5. The SMILES string of the molecule is CC(C)O.CCCCCCCCCCCCCCCCCC(=O)O.[O]=[Ti]. The number of aliphatic carboxylic acids is 1. The molecule has 4 nitrogen and oxygen atoms in total. The van der Waals surface area contributed by atoms with Crippen LogP contribution in [0.4, 0.5) is 0 Å². The Bertz CT molecular complexity index is 258. The average molecular weight is 408 g/mol. The molecule has 0 unspecified atom stereocenters. The van der Waals surface area contributed by atoms with E-state index in [1.807, 2.05) is 0 Å². The quantitative estimate of drug-likeness (QED) is 0.223. The zero-order valence-corrected chi connectivity index (χ0v) is 19.2. The van der Waals surface area contributed by atoms with Crippen molar-refractivity contribution >= 4 is 5.97 Å². The van der Waals surface area contributed by atoms with Gasteiger partial charge in [-0.2, -0.15) is 0 Å². The molecule has 0 radical (unpaired) electrons. The topological polar surface area (TPSA) is 74.6 Å². The van der Waals surface area contributed by atoms with Gasteiger partial charge in [0.15, 0.2) is 0 Å². The average Bonchev–Trinajstić information content (AvgIpc) is 2.59. The van der Waals surface area contributed by atoms with Crippen LogP contribution >= 0.6 is 0 Å². The van der Waals surface area contributed by atoms with Crippen molar-refractivity contribution in [3.63, 3.8) is 0 Å². The summed E-state index contributed by atoms with van der Waals surface area (Å²) in [6.45, 7) is 5.71. The number of rotatable bonds is 16. The fraction of sp³-hybridized carbons (Fsp3) is 0.952. The number of carboxylic acids is 1. The molecule has 0 saturated heterocycles. The molecule has 0 aliphatic rings. The molecule has 0 heterocycles. The first kappa shape index (κ1) is 30.7. The molecule has 0 aliphatic heterocycles. The zero-order valence-electron chi connectivity index (χ0n) is 17.6. The van der Waals surface area contributed by atoms with Crippen LogP contribution in [0.1, 0.15) is 124 Å². The van der Waals surface area contributed by atoms with Gasteiger partial charge in [-0.15, -0.1) is 0 Å². The maximum atomic E-state index is 10.3. The van der Waals surface area contributed by atoms with Crippen molar-refractivity contribution in [2.75, 3.05) is 0 Å². The number of carbonyl (C=O) groups is 1. The minimum absolute atomic E-state index is 0.167. The van der Waals surface area contributed by atoms with E-state index in [1.54, 1.807) is 13.8 Å². The molecule has 26 heavy (non-hydrogen) atoms. The first-order valence-corrected chi connectivity index (χ1v) is 11.2. The molecule has 0 atom stereocenters. The molecular weight excluding hydrogens is 364 g/mol. The van der Waals surface area contributed by atoms with Gasteiger partial charge in [-0.05, 0) is 20.3 Å². The van der Waals surface area contributed by atoms with E-state index in [1.165, 1.54) is 83.5 Å². The van der Waals surface area contributed by atoms with Crippen LogP contribution in [-0.4, -0.2) is 22.3 Å². The van der Waals surface area contributed by atoms with Crippen molar-refractivity contribution in [3.8, 4) is 0 Å². The normalized spacial score (nSPS) is 9.85. The molecule has 0 aromatic carbocycles. The number of hydrogen-bond donors (Lipinski definition) is 2. The van der Waals surface area contributed by atoms with Gasteiger partial charge >= 0.3 is 29.7 Å². The summed E-state index contributed by atoms with van der Waals surface area (Å²) in [5.74, 6) is -0.653. The number of unbranched alkanes of at least 4 members (excludes halogenated alkanes) is 14. The van der Waals surface area contributed by atoms with Crippen molar-refractivity contribution in [3.05, 3.63) is 0 Å². The van der Waals surface area contributed by atoms with E-state index in [2.05, 4.69) is 6.92 Å².